The molecule has 0 spiro atoms. The molecule has 1 aromatic rings. The Balaban J connectivity index is 1.89. The van der Waals surface area contributed by atoms with E-state index < -0.39 is 5.97 Å². The van der Waals surface area contributed by atoms with Gasteiger partial charge in [-0.15, -0.1) is 0 Å². The lowest BCUT2D eigenvalue weighted by Gasteiger charge is -2.07. The van der Waals surface area contributed by atoms with E-state index in [0.717, 1.165) is 0 Å². The Bertz CT molecular complexity index is 419. The molecule has 0 radical (unpaired) electrons. The molecule has 0 saturated heterocycles. The van der Waals surface area contributed by atoms with Gasteiger partial charge >= 0.3 is 5.97 Å². The lowest BCUT2D eigenvalue weighted by molar-refractivity contribution is -0.00551. The number of hydrogen-bond donors (Lipinski definition) is 1. The zero-order valence-corrected chi connectivity index (χ0v) is 13.4. The van der Waals surface area contributed by atoms with Crippen LogP contribution in [0.1, 0.15) is 10.4 Å². The number of ether oxygens (including phenoxy) is 5. The Labute approximate surface area is 136 Å². The van der Waals surface area contributed by atoms with E-state index in [2.05, 4.69) is 0 Å². The Morgan fingerprint density at radius 2 is 1.30 bits per heavy atom. The van der Waals surface area contributed by atoms with Crippen LogP contribution in [-0.4, -0.2) is 71.0 Å². The van der Waals surface area contributed by atoms with E-state index in [-0.39, 0.29) is 12.4 Å². The fraction of sp³-hybridized carbons (Fsp3) is 0.562. The highest BCUT2D eigenvalue weighted by molar-refractivity contribution is 5.89. The van der Waals surface area contributed by atoms with Gasteiger partial charge in [0.05, 0.1) is 51.8 Å². The van der Waals surface area contributed by atoms with Gasteiger partial charge < -0.3 is 28.8 Å². The number of aromatic hydroxyl groups is 1. The summed E-state index contributed by atoms with van der Waals surface area (Å²) in [5, 5.41) is 9.13. The van der Waals surface area contributed by atoms with Crippen LogP contribution in [0.2, 0.25) is 0 Å². The Morgan fingerprint density at radius 3 is 1.83 bits per heavy atom. The first-order valence-electron chi connectivity index (χ1n) is 7.42. The second kappa shape index (κ2) is 12.8. The van der Waals surface area contributed by atoms with Crippen molar-refractivity contribution in [3.05, 3.63) is 29.8 Å². The first kappa shape index (κ1) is 19.4. The van der Waals surface area contributed by atoms with E-state index in [1.54, 1.807) is 7.11 Å². The van der Waals surface area contributed by atoms with Crippen molar-refractivity contribution >= 4 is 5.97 Å². The van der Waals surface area contributed by atoms with Crippen LogP contribution in [0, 0.1) is 0 Å². The molecule has 0 aliphatic rings. The maximum Gasteiger partial charge on any atom is 0.338 e. The molecule has 0 atom stereocenters. The molecule has 130 valence electrons. The lowest BCUT2D eigenvalue weighted by Crippen LogP contribution is -2.14. The molecule has 1 N–H and O–H groups in total. The van der Waals surface area contributed by atoms with Crippen molar-refractivity contribution in [1.29, 1.82) is 0 Å². The highest BCUT2D eigenvalue weighted by Crippen LogP contribution is 2.10. The molecule has 0 amide bonds. The fourth-order valence-electron chi connectivity index (χ4n) is 1.56. The third kappa shape index (κ3) is 9.85. The number of phenols is 1. The van der Waals surface area contributed by atoms with Gasteiger partial charge in [0, 0.05) is 7.11 Å². The Morgan fingerprint density at radius 1 is 0.826 bits per heavy atom. The average Bonchev–Trinajstić information content (AvgIpc) is 2.56. The number of esters is 1. The van der Waals surface area contributed by atoms with Crippen molar-refractivity contribution in [2.75, 3.05) is 60.0 Å². The minimum absolute atomic E-state index is 0.106. The van der Waals surface area contributed by atoms with Gasteiger partial charge in [-0.2, -0.15) is 0 Å². The summed E-state index contributed by atoms with van der Waals surface area (Å²) in [5.41, 5.74) is 0.389. The lowest BCUT2D eigenvalue weighted by atomic mass is 10.2. The number of carbonyl (C=O) groups excluding carboxylic acids is 1. The van der Waals surface area contributed by atoms with Crippen molar-refractivity contribution in [2.24, 2.45) is 0 Å². The summed E-state index contributed by atoms with van der Waals surface area (Å²) in [6.45, 7) is 3.51. The van der Waals surface area contributed by atoms with Crippen molar-refractivity contribution in [3.8, 4) is 5.75 Å². The Hall–Kier alpha value is -1.67. The summed E-state index contributed by atoms with van der Waals surface area (Å²) < 4.78 is 25.7. The third-order valence-electron chi connectivity index (χ3n) is 2.74. The maximum atomic E-state index is 11.6. The highest BCUT2D eigenvalue weighted by Gasteiger charge is 2.06. The van der Waals surface area contributed by atoms with Crippen molar-refractivity contribution in [1.82, 2.24) is 0 Å². The van der Waals surface area contributed by atoms with Gasteiger partial charge in [-0.25, -0.2) is 4.79 Å². The first-order valence-corrected chi connectivity index (χ1v) is 7.42. The Kier molecular flexibility index (Phi) is 10.8. The summed E-state index contributed by atoms with van der Waals surface area (Å²) >= 11 is 0. The SMILES string of the molecule is COCCOCCOCCOCCOC(=O)c1ccc(O)cc1. The third-order valence-corrected chi connectivity index (χ3v) is 2.74. The zero-order chi connectivity index (χ0) is 16.8. The molecule has 0 unspecified atom stereocenters. The number of methoxy groups -OCH3 is 1. The summed E-state index contributed by atoms with van der Waals surface area (Å²) in [6, 6.07) is 5.87. The first-order chi connectivity index (χ1) is 11.2. The summed E-state index contributed by atoms with van der Waals surface area (Å²) in [5.74, 6) is -0.341. The largest absolute Gasteiger partial charge is 0.508 e. The van der Waals surface area contributed by atoms with Crippen molar-refractivity contribution in [2.45, 2.75) is 0 Å². The summed E-state index contributed by atoms with van der Waals surface area (Å²) in [6.07, 6.45) is 0. The van der Waals surface area contributed by atoms with E-state index in [1.807, 2.05) is 0 Å². The van der Waals surface area contributed by atoms with E-state index in [0.29, 0.717) is 51.8 Å². The van der Waals surface area contributed by atoms with E-state index in [1.165, 1.54) is 24.3 Å². The predicted octanol–water partition coefficient (Wildman–Crippen LogP) is 1.25. The van der Waals surface area contributed by atoms with Crippen LogP contribution in [-0.2, 0) is 23.7 Å². The van der Waals surface area contributed by atoms with E-state index >= 15 is 0 Å². The normalized spacial score (nSPS) is 10.7. The molecule has 0 aliphatic heterocycles. The topological polar surface area (TPSA) is 83.5 Å². The second-order valence-corrected chi connectivity index (χ2v) is 4.51. The van der Waals surface area contributed by atoms with Crippen LogP contribution in [0.15, 0.2) is 24.3 Å². The average molecular weight is 328 g/mol. The number of hydrogen-bond acceptors (Lipinski definition) is 7. The monoisotopic (exact) mass is 328 g/mol. The summed E-state index contributed by atoms with van der Waals surface area (Å²) in [4.78, 5) is 11.6. The number of rotatable bonds is 13. The van der Waals surface area contributed by atoms with Crippen molar-refractivity contribution in [3.63, 3.8) is 0 Å². The molecule has 0 aromatic heterocycles. The quantitative estimate of drug-likeness (QED) is 0.431. The molecule has 1 aromatic carbocycles. The summed E-state index contributed by atoms with van der Waals surface area (Å²) in [7, 11) is 1.62. The van der Waals surface area contributed by atoms with Crippen LogP contribution in [0.25, 0.3) is 0 Å². The molecule has 7 nitrogen and oxygen atoms in total. The van der Waals surface area contributed by atoms with Gasteiger partial charge in [0.1, 0.15) is 12.4 Å². The minimum atomic E-state index is -0.446. The molecule has 0 bridgehead atoms. The van der Waals surface area contributed by atoms with Crippen LogP contribution < -0.4 is 0 Å². The molecule has 23 heavy (non-hydrogen) atoms. The van der Waals surface area contributed by atoms with Gasteiger partial charge in [0.15, 0.2) is 0 Å². The van der Waals surface area contributed by atoms with Crippen LogP contribution in [0.4, 0.5) is 0 Å². The number of carbonyl (C=O) groups is 1. The number of benzene rings is 1. The molecular formula is C16H24O7. The molecule has 7 heteroatoms. The molecular weight excluding hydrogens is 304 g/mol. The van der Waals surface area contributed by atoms with Gasteiger partial charge in [-0.1, -0.05) is 0 Å². The molecule has 0 fully saturated rings. The molecule has 0 aliphatic carbocycles. The van der Waals surface area contributed by atoms with Crippen LogP contribution in [0.3, 0.4) is 0 Å². The number of phenolic OH excluding ortho intramolecular Hbond substituents is 1. The maximum absolute atomic E-state index is 11.6. The molecule has 0 heterocycles. The smallest absolute Gasteiger partial charge is 0.338 e. The van der Waals surface area contributed by atoms with E-state index in [4.69, 9.17) is 28.8 Å². The fourth-order valence-corrected chi connectivity index (χ4v) is 1.56. The predicted molar refractivity (Wildman–Crippen MR) is 82.7 cm³/mol. The van der Waals surface area contributed by atoms with Gasteiger partial charge in [0.25, 0.3) is 0 Å². The van der Waals surface area contributed by atoms with Gasteiger partial charge in [0.2, 0.25) is 0 Å². The minimum Gasteiger partial charge on any atom is -0.508 e. The highest BCUT2D eigenvalue weighted by atomic mass is 16.6. The van der Waals surface area contributed by atoms with Gasteiger partial charge in [-0.3, -0.25) is 0 Å². The second-order valence-electron chi connectivity index (χ2n) is 4.51. The molecule has 0 saturated carbocycles. The van der Waals surface area contributed by atoms with Gasteiger partial charge in [-0.05, 0) is 24.3 Å². The van der Waals surface area contributed by atoms with E-state index in [9.17, 15) is 4.79 Å². The zero-order valence-electron chi connectivity index (χ0n) is 13.4. The standard InChI is InChI=1S/C16H24O7/c1-19-6-7-20-8-9-21-10-11-22-12-13-23-16(18)14-2-4-15(17)5-3-14/h2-5,17H,6-13H2,1H3. The molecule has 1 rings (SSSR count). The van der Waals surface area contributed by atoms with Crippen LogP contribution >= 0.6 is 0 Å². The van der Waals surface area contributed by atoms with Crippen molar-refractivity contribution < 1.29 is 33.6 Å². The van der Waals surface area contributed by atoms with Crippen LogP contribution in [0.5, 0.6) is 5.75 Å².